The highest BCUT2D eigenvalue weighted by atomic mass is 16.6. The zero-order valence-corrected chi connectivity index (χ0v) is 23.7. The number of benzene rings is 2. The largest absolute Gasteiger partial charge is 0.636 e. The predicted molar refractivity (Wildman–Crippen MR) is 157 cm³/mol. The lowest BCUT2D eigenvalue weighted by Crippen LogP contribution is -2.47. The van der Waals surface area contributed by atoms with Gasteiger partial charge in [-0.05, 0) is 55.8 Å². The Hall–Kier alpha value is -5.02. The summed E-state index contributed by atoms with van der Waals surface area (Å²) in [4.78, 5) is 39.2. The Morgan fingerprint density at radius 1 is 1.05 bits per heavy atom. The van der Waals surface area contributed by atoms with Crippen LogP contribution >= 0.6 is 0 Å². The maximum absolute atomic E-state index is 12.1. The fourth-order valence-electron chi connectivity index (χ4n) is 4.79. The molecule has 0 N–H and O–H groups in total. The molecule has 0 aromatic heterocycles. The highest BCUT2D eigenvalue weighted by molar-refractivity contribution is 6.64. The van der Waals surface area contributed by atoms with Crippen LogP contribution < -0.4 is 19.8 Å². The van der Waals surface area contributed by atoms with Crippen LogP contribution in [0, 0.1) is 11.3 Å². The maximum Gasteiger partial charge on any atom is 0.636 e. The third-order valence-corrected chi connectivity index (χ3v) is 7.00. The van der Waals surface area contributed by atoms with Crippen LogP contribution in [0.4, 0.5) is 10.5 Å². The number of nitrogens with zero attached hydrogens (tertiary/aromatic N) is 3. The maximum atomic E-state index is 12.1. The van der Waals surface area contributed by atoms with Crippen molar-refractivity contribution in [2.75, 3.05) is 38.2 Å². The van der Waals surface area contributed by atoms with Crippen molar-refractivity contribution in [1.29, 1.82) is 5.26 Å². The molecule has 2 aromatic carbocycles. The van der Waals surface area contributed by atoms with Crippen molar-refractivity contribution in [2.24, 2.45) is 0 Å². The summed E-state index contributed by atoms with van der Waals surface area (Å²) in [6, 6.07) is 14.0. The Kier molecular flexibility index (Phi) is 9.12. The van der Waals surface area contributed by atoms with E-state index in [-0.39, 0.29) is 25.8 Å². The summed E-state index contributed by atoms with van der Waals surface area (Å²) in [5, 5.41) is 9.52. The first-order valence-corrected chi connectivity index (χ1v) is 13.8. The highest BCUT2D eigenvalue weighted by Gasteiger charge is 2.33. The van der Waals surface area contributed by atoms with Gasteiger partial charge in [-0.1, -0.05) is 30.9 Å². The predicted octanol–water partition coefficient (Wildman–Crippen LogP) is 3.25. The summed E-state index contributed by atoms with van der Waals surface area (Å²) in [5.41, 5.74) is 2.08. The molecule has 0 radical (unpaired) electrons. The highest BCUT2D eigenvalue weighted by Crippen LogP contribution is 2.31. The molecular formula is C31H30BN3O8. The van der Waals surface area contributed by atoms with Gasteiger partial charge in [-0.25, -0.2) is 4.79 Å². The van der Waals surface area contributed by atoms with Gasteiger partial charge in [0.1, 0.15) is 36.0 Å². The molecule has 2 saturated heterocycles. The van der Waals surface area contributed by atoms with Gasteiger partial charge >= 0.3 is 25.2 Å². The zero-order valence-electron chi connectivity index (χ0n) is 23.7. The minimum absolute atomic E-state index is 0.00154. The molecule has 0 spiro atoms. The lowest BCUT2D eigenvalue weighted by atomic mass is 9.78. The molecule has 1 aliphatic carbocycles. The van der Waals surface area contributed by atoms with Crippen LogP contribution in [0.5, 0.6) is 11.5 Å². The van der Waals surface area contributed by atoms with Crippen LogP contribution in [0.2, 0.25) is 0 Å². The summed E-state index contributed by atoms with van der Waals surface area (Å²) < 4.78 is 28.1. The molecule has 0 bridgehead atoms. The SMILES string of the molecule is C=C1CC[C@@H](Oc2ccc(B3OC(=O)CN(C)CC(=O)O3)cc2)C/C=C\C=C1Oc1ccc(C#N)c(N2CCOC2=O)c1. The van der Waals surface area contributed by atoms with E-state index in [4.69, 9.17) is 23.5 Å². The number of allylic oxidation sites excluding steroid dienone is 3. The van der Waals surface area contributed by atoms with E-state index in [2.05, 4.69) is 12.6 Å². The van der Waals surface area contributed by atoms with Crippen molar-refractivity contribution in [3.8, 4) is 17.6 Å². The summed E-state index contributed by atoms with van der Waals surface area (Å²) in [6.07, 6.45) is 6.94. The minimum atomic E-state index is -1.11. The Labute approximate surface area is 249 Å². The molecule has 3 aliphatic rings. The molecule has 2 aromatic rings. The lowest BCUT2D eigenvalue weighted by Gasteiger charge is -2.23. The summed E-state index contributed by atoms with van der Waals surface area (Å²) in [7, 11) is 0.529. The van der Waals surface area contributed by atoms with E-state index in [1.807, 2.05) is 18.2 Å². The summed E-state index contributed by atoms with van der Waals surface area (Å²) >= 11 is 0. The van der Waals surface area contributed by atoms with Crippen molar-refractivity contribution < 1.29 is 37.9 Å². The smallest absolute Gasteiger partial charge is 0.494 e. The van der Waals surface area contributed by atoms with Crippen molar-refractivity contribution in [3.63, 3.8) is 0 Å². The quantitative estimate of drug-likeness (QED) is 0.468. The van der Waals surface area contributed by atoms with Crippen molar-refractivity contribution in [2.45, 2.75) is 25.4 Å². The second kappa shape index (κ2) is 13.3. The van der Waals surface area contributed by atoms with E-state index >= 15 is 0 Å². The molecule has 0 saturated carbocycles. The van der Waals surface area contributed by atoms with Gasteiger partial charge in [0, 0.05) is 17.9 Å². The molecule has 11 nitrogen and oxygen atoms in total. The number of ether oxygens (including phenoxy) is 3. The fraction of sp³-hybridized carbons (Fsp3) is 0.290. The number of rotatable bonds is 6. The van der Waals surface area contributed by atoms with Gasteiger partial charge in [0.05, 0.1) is 30.9 Å². The van der Waals surface area contributed by atoms with Gasteiger partial charge < -0.3 is 23.5 Å². The number of anilines is 1. The number of hydrogen-bond donors (Lipinski definition) is 0. The number of carbonyl (C=O) groups is 3. The zero-order chi connectivity index (χ0) is 30.3. The molecule has 2 heterocycles. The van der Waals surface area contributed by atoms with Crippen LogP contribution in [0.1, 0.15) is 24.8 Å². The number of nitriles is 1. The van der Waals surface area contributed by atoms with Crippen molar-refractivity contribution in [1.82, 2.24) is 4.90 Å². The molecule has 12 heteroatoms. The fourth-order valence-corrected chi connectivity index (χ4v) is 4.79. The first kappa shape index (κ1) is 29.5. The Morgan fingerprint density at radius 3 is 2.44 bits per heavy atom. The van der Waals surface area contributed by atoms with E-state index in [9.17, 15) is 19.6 Å². The molecule has 43 heavy (non-hydrogen) atoms. The number of cyclic esters (lactones) is 1. The summed E-state index contributed by atoms with van der Waals surface area (Å²) in [5.74, 6) is 0.687. The van der Waals surface area contributed by atoms with E-state index in [0.717, 1.165) is 5.57 Å². The van der Waals surface area contributed by atoms with Gasteiger partial charge in [-0.3, -0.25) is 19.4 Å². The Bertz CT molecular complexity index is 1490. The van der Waals surface area contributed by atoms with E-state index in [1.165, 1.54) is 9.80 Å². The molecule has 5 rings (SSSR count). The average molecular weight is 583 g/mol. The average Bonchev–Trinajstić information content (AvgIpc) is 3.43. The van der Waals surface area contributed by atoms with Crippen LogP contribution in [-0.4, -0.2) is 69.4 Å². The Morgan fingerprint density at radius 2 is 1.77 bits per heavy atom. The summed E-state index contributed by atoms with van der Waals surface area (Å²) in [6.45, 7) is 4.83. The van der Waals surface area contributed by atoms with Gasteiger partial charge in [0.25, 0.3) is 0 Å². The molecule has 2 aliphatic heterocycles. The minimum Gasteiger partial charge on any atom is -0.494 e. The molecule has 220 valence electrons. The van der Waals surface area contributed by atoms with Gasteiger partial charge in [0.15, 0.2) is 0 Å². The number of likely N-dealkylation sites (N-methyl/N-ethyl adjacent to an activating group) is 1. The molecular weight excluding hydrogens is 553 g/mol. The second-order valence-electron chi connectivity index (χ2n) is 10.3. The second-order valence-corrected chi connectivity index (χ2v) is 10.3. The lowest BCUT2D eigenvalue weighted by molar-refractivity contribution is -0.145. The first-order valence-electron chi connectivity index (χ1n) is 13.8. The third-order valence-electron chi connectivity index (χ3n) is 7.00. The number of hydrogen-bond acceptors (Lipinski definition) is 10. The molecule has 2 fully saturated rings. The first-order chi connectivity index (χ1) is 20.8. The van der Waals surface area contributed by atoms with Gasteiger partial charge in [0.2, 0.25) is 0 Å². The molecule has 0 unspecified atom stereocenters. The molecule has 1 amide bonds. The van der Waals surface area contributed by atoms with Crippen molar-refractivity contribution in [3.05, 3.63) is 84.2 Å². The van der Waals surface area contributed by atoms with E-state index < -0.39 is 25.2 Å². The van der Waals surface area contributed by atoms with Crippen LogP contribution in [0.25, 0.3) is 0 Å². The van der Waals surface area contributed by atoms with Crippen LogP contribution in [-0.2, 0) is 23.6 Å². The van der Waals surface area contributed by atoms with E-state index in [0.29, 0.717) is 59.8 Å². The van der Waals surface area contributed by atoms with Crippen LogP contribution in [0.15, 0.2) is 78.6 Å². The number of amides is 1. The monoisotopic (exact) mass is 583 g/mol. The van der Waals surface area contributed by atoms with Gasteiger partial charge in [-0.2, -0.15) is 5.26 Å². The Balaban J connectivity index is 1.20. The van der Waals surface area contributed by atoms with Crippen LogP contribution in [0.3, 0.4) is 0 Å². The van der Waals surface area contributed by atoms with Gasteiger partial charge in [-0.15, -0.1) is 0 Å². The molecule has 1 atom stereocenters. The third kappa shape index (κ3) is 7.44. The van der Waals surface area contributed by atoms with E-state index in [1.54, 1.807) is 49.5 Å². The topological polar surface area (TPSA) is 128 Å². The van der Waals surface area contributed by atoms with Crippen molar-refractivity contribution >= 4 is 36.3 Å². The normalized spacial score (nSPS) is 20.7. The number of carbonyl (C=O) groups excluding carboxylic acids is 3. The standard InChI is InChI=1S/C31H30BN3O8/c1-21-7-11-24(40-25-13-9-23(10-14-25)32-42-29(36)19-34(2)20-30(37)43-32)5-3-4-6-28(21)41-26-12-8-22(18-33)27(17-26)35-15-16-39-31(35)38/h3-4,6,8-10,12-14,17,24H,1,5,7,11,15-16,19-20H2,2H3/b4-3-,28-6?/t24-/m0/s1.